The largest absolute Gasteiger partial charge is 0.444 e. The van der Waals surface area contributed by atoms with Crippen LogP contribution in [0.2, 0.25) is 0 Å². The van der Waals surface area contributed by atoms with Crippen LogP contribution in [0.3, 0.4) is 0 Å². The first-order valence-electron chi connectivity index (χ1n) is 16.0. The SMILES string of the molecule is COCCCn1c(C2CCCN(C(=O)C[C@@H](Cc3ccc4ccccc4c3)NC(=O)OC(C)(C)C)C2)nc2ccc(CO)cc21. The smallest absolute Gasteiger partial charge is 0.407 e. The van der Waals surface area contributed by atoms with Gasteiger partial charge in [0.2, 0.25) is 5.91 Å². The van der Waals surface area contributed by atoms with Gasteiger partial charge in [0, 0.05) is 51.7 Å². The van der Waals surface area contributed by atoms with Crippen molar-refractivity contribution in [3.63, 3.8) is 0 Å². The lowest BCUT2D eigenvalue weighted by Gasteiger charge is -2.34. The third-order valence-corrected chi connectivity index (χ3v) is 8.33. The number of rotatable bonds is 11. The fourth-order valence-electron chi connectivity index (χ4n) is 6.25. The van der Waals surface area contributed by atoms with E-state index in [1.165, 1.54) is 0 Å². The number of likely N-dealkylation sites (tertiary alicyclic amines) is 1. The summed E-state index contributed by atoms with van der Waals surface area (Å²) in [6, 6.07) is 19.9. The minimum atomic E-state index is -0.645. The summed E-state index contributed by atoms with van der Waals surface area (Å²) < 4.78 is 13.1. The second kappa shape index (κ2) is 14.4. The fraction of sp³-hybridized carbons (Fsp3) is 0.472. The number of hydrogen-bond acceptors (Lipinski definition) is 6. The molecule has 1 aliphatic rings. The first-order chi connectivity index (χ1) is 21.6. The summed E-state index contributed by atoms with van der Waals surface area (Å²) in [5, 5.41) is 15.0. The number of carbonyl (C=O) groups excluding carboxylic acids is 2. The molecule has 2 N–H and O–H groups in total. The van der Waals surface area contributed by atoms with Crippen LogP contribution in [0.15, 0.2) is 60.7 Å². The van der Waals surface area contributed by atoms with Gasteiger partial charge in [-0.05, 0) is 80.5 Å². The van der Waals surface area contributed by atoms with Crippen molar-refractivity contribution < 1.29 is 24.2 Å². The maximum atomic E-state index is 13.9. The molecule has 2 amide bonds. The predicted molar refractivity (Wildman–Crippen MR) is 176 cm³/mol. The maximum Gasteiger partial charge on any atom is 0.407 e. The van der Waals surface area contributed by atoms with Crippen LogP contribution in [0.1, 0.15) is 69.3 Å². The van der Waals surface area contributed by atoms with E-state index < -0.39 is 17.7 Å². The van der Waals surface area contributed by atoms with Crippen molar-refractivity contribution in [2.45, 2.75) is 83.6 Å². The van der Waals surface area contributed by atoms with E-state index in [2.05, 4.69) is 40.2 Å². The lowest BCUT2D eigenvalue weighted by molar-refractivity contribution is -0.132. The number of aliphatic hydroxyl groups is 1. The Morgan fingerprint density at radius 2 is 1.84 bits per heavy atom. The monoisotopic (exact) mass is 614 g/mol. The molecular weight excluding hydrogens is 568 g/mol. The molecule has 240 valence electrons. The number of hydrogen-bond donors (Lipinski definition) is 2. The van der Waals surface area contributed by atoms with Gasteiger partial charge in [-0.15, -0.1) is 0 Å². The highest BCUT2D eigenvalue weighted by molar-refractivity contribution is 5.83. The topological polar surface area (TPSA) is 106 Å². The summed E-state index contributed by atoms with van der Waals surface area (Å²) in [4.78, 5) is 33.7. The Morgan fingerprint density at radius 3 is 2.60 bits per heavy atom. The molecule has 9 heteroatoms. The number of carbonyl (C=O) groups is 2. The zero-order valence-electron chi connectivity index (χ0n) is 26.9. The van der Waals surface area contributed by atoms with Crippen molar-refractivity contribution in [3.8, 4) is 0 Å². The van der Waals surface area contributed by atoms with Crippen LogP contribution in [-0.2, 0) is 33.8 Å². The van der Waals surface area contributed by atoms with Crippen molar-refractivity contribution in [2.24, 2.45) is 0 Å². The minimum Gasteiger partial charge on any atom is -0.444 e. The molecule has 3 aromatic carbocycles. The van der Waals surface area contributed by atoms with E-state index in [0.29, 0.717) is 26.1 Å². The van der Waals surface area contributed by atoms with Gasteiger partial charge >= 0.3 is 6.09 Å². The normalized spacial score (nSPS) is 16.2. The lowest BCUT2D eigenvalue weighted by Crippen LogP contribution is -2.46. The van der Waals surface area contributed by atoms with Crippen LogP contribution < -0.4 is 5.32 Å². The third-order valence-electron chi connectivity index (χ3n) is 8.33. The van der Waals surface area contributed by atoms with Gasteiger partial charge in [-0.3, -0.25) is 4.79 Å². The third kappa shape index (κ3) is 8.41. The van der Waals surface area contributed by atoms with Gasteiger partial charge in [0.25, 0.3) is 0 Å². The first-order valence-corrected chi connectivity index (χ1v) is 16.0. The summed E-state index contributed by atoms with van der Waals surface area (Å²) in [5.74, 6) is 1.05. The van der Waals surface area contributed by atoms with Gasteiger partial charge in [0.15, 0.2) is 0 Å². The van der Waals surface area contributed by atoms with Crippen molar-refractivity contribution in [3.05, 3.63) is 77.6 Å². The zero-order valence-corrected chi connectivity index (χ0v) is 26.9. The number of piperidine rings is 1. The molecule has 5 rings (SSSR count). The molecule has 0 spiro atoms. The summed E-state index contributed by atoms with van der Waals surface area (Å²) in [5.41, 5.74) is 3.13. The Hall–Kier alpha value is -3.95. The minimum absolute atomic E-state index is 0.00570. The molecule has 1 aromatic heterocycles. The summed E-state index contributed by atoms with van der Waals surface area (Å²) in [6.45, 7) is 8.07. The summed E-state index contributed by atoms with van der Waals surface area (Å²) in [7, 11) is 1.70. The number of nitrogens with zero attached hydrogens (tertiary/aromatic N) is 3. The highest BCUT2D eigenvalue weighted by Crippen LogP contribution is 2.31. The number of benzene rings is 3. The average Bonchev–Trinajstić information content (AvgIpc) is 3.37. The molecule has 2 heterocycles. The van der Waals surface area contributed by atoms with Crippen LogP contribution in [0, 0.1) is 0 Å². The van der Waals surface area contributed by atoms with Crippen molar-refractivity contribution in [2.75, 3.05) is 26.8 Å². The Morgan fingerprint density at radius 1 is 1.07 bits per heavy atom. The van der Waals surface area contributed by atoms with Gasteiger partial charge in [-0.2, -0.15) is 0 Å². The fourth-order valence-corrected chi connectivity index (χ4v) is 6.25. The maximum absolute atomic E-state index is 13.9. The highest BCUT2D eigenvalue weighted by Gasteiger charge is 2.31. The van der Waals surface area contributed by atoms with Crippen LogP contribution in [0.5, 0.6) is 0 Å². The number of aromatic nitrogens is 2. The number of fused-ring (bicyclic) bond motifs is 2. The van der Waals surface area contributed by atoms with Crippen LogP contribution in [0.25, 0.3) is 21.8 Å². The van der Waals surface area contributed by atoms with E-state index in [9.17, 15) is 14.7 Å². The number of aryl methyl sites for hydroxylation is 1. The molecule has 1 aliphatic heterocycles. The van der Waals surface area contributed by atoms with Gasteiger partial charge in [-0.25, -0.2) is 9.78 Å². The van der Waals surface area contributed by atoms with Gasteiger partial charge in [0.1, 0.15) is 11.4 Å². The number of aliphatic hydroxyl groups excluding tert-OH is 1. The molecule has 45 heavy (non-hydrogen) atoms. The highest BCUT2D eigenvalue weighted by atomic mass is 16.6. The number of methoxy groups -OCH3 is 1. The van der Waals surface area contributed by atoms with Crippen LogP contribution in [0.4, 0.5) is 4.79 Å². The average molecular weight is 615 g/mol. The molecule has 0 bridgehead atoms. The van der Waals surface area contributed by atoms with E-state index >= 15 is 0 Å². The van der Waals surface area contributed by atoms with Crippen LogP contribution >= 0.6 is 0 Å². The first kappa shape index (κ1) is 32.4. The predicted octanol–water partition coefficient (Wildman–Crippen LogP) is 5.95. The van der Waals surface area contributed by atoms with E-state index in [0.717, 1.165) is 64.6 Å². The zero-order chi connectivity index (χ0) is 32.0. The quantitative estimate of drug-likeness (QED) is 0.202. The van der Waals surface area contributed by atoms with E-state index in [4.69, 9.17) is 14.5 Å². The molecule has 9 nitrogen and oxygen atoms in total. The van der Waals surface area contributed by atoms with Crippen LogP contribution in [-0.4, -0.2) is 70.0 Å². The second-order valence-corrected chi connectivity index (χ2v) is 13.1. The Balaban J connectivity index is 1.34. The molecule has 1 unspecified atom stereocenters. The number of ether oxygens (including phenoxy) is 2. The van der Waals surface area contributed by atoms with Crippen molar-refractivity contribution in [1.82, 2.24) is 19.8 Å². The number of amides is 2. The van der Waals surface area contributed by atoms with Gasteiger partial charge < -0.3 is 29.4 Å². The summed E-state index contributed by atoms with van der Waals surface area (Å²) >= 11 is 0. The van der Waals surface area contributed by atoms with Gasteiger partial charge in [-0.1, -0.05) is 48.5 Å². The van der Waals surface area contributed by atoms with Crippen molar-refractivity contribution in [1.29, 1.82) is 0 Å². The molecule has 0 saturated carbocycles. The van der Waals surface area contributed by atoms with E-state index in [1.807, 2.05) is 56.0 Å². The Bertz CT molecular complexity index is 1630. The van der Waals surface area contributed by atoms with E-state index in [-0.39, 0.29) is 24.9 Å². The Kier molecular flexibility index (Phi) is 10.4. The molecule has 4 aromatic rings. The standard InChI is InChI=1S/C36H46N4O5/c1-36(2,3)45-35(43)37-30(20-25-12-14-27-9-5-6-10-28(27)19-25)22-33(42)39-16-7-11-29(23-39)34-38-31-15-13-26(24-41)21-32(31)40(34)17-8-18-44-4/h5-6,9-10,12-15,19,21,29-30,41H,7-8,11,16-18,20,22-24H2,1-4H3,(H,37,43)/t29?,30-/m1/s1. The molecule has 2 atom stereocenters. The lowest BCUT2D eigenvalue weighted by atomic mass is 9.95. The van der Waals surface area contributed by atoms with Crippen molar-refractivity contribution >= 4 is 33.8 Å². The van der Waals surface area contributed by atoms with Gasteiger partial charge in [0.05, 0.1) is 17.6 Å². The molecule has 1 fully saturated rings. The number of nitrogens with one attached hydrogen (secondary N) is 1. The molecule has 1 saturated heterocycles. The number of alkyl carbamates (subject to hydrolysis) is 1. The second-order valence-electron chi connectivity index (χ2n) is 13.1. The Labute approximate surface area is 265 Å². The number of imidazole rings is 1. The van der Waals surface area contributed by atoms with E-state index in [1.54, 1.807) is 7.11 Å². The molecular formula is C36H46N4O5. The summed E-state index contributed by atoms with van der Waals surface area (Å²) in [6.07, 6.45) is 2.79. The molecule has 0 radical (unpaired) electrons. The molecule has 0 aliphatic carbocycles.